The number of aromatic nitrogens is 4. The maximum absolute atomic E-state index is 5.00. The van der Waals surface area contributed by atoms with Crippen LogP contribution in [0.3, 0.4) is 0 Å². The highest BCUT2D eigenvalue weighted by Crippen LogP contribution is 2.07. The van der Waals surface area contributed by atoms with Crippen LogP contribution in [-0.4, -0.2) is 33.3 Å². The first kappa shape index (κ1) is 12.4. The lowest BCUT2D eigenvalue weighted by Crippen LogP contribution is -2.04. The zero-order valence-electron chi connectivity index (χ0n) is 10.4. The summed E-state index contributed by atoms with van der Waals surface area (Å²) in [5.74, 6) is 0. The van der Waals surface area contributed by atoms with E-state index < -0.39 is 0 Å². The molecule has 0 aromatic carbocycles. The molecular weight excluding hydrogens is 230 g/mol. The topological polar surface area (TPSA) is 56.9 Å². The maximum atomic E-state index is 5.00. The predicted octanol–water partition coefficient (Wildman–Crippen LogP) is 1.44. The Labute approximate surface area is 106 Å². The Morgan fingerprint density at radius 2 is 2.28 bits per heavy atom. The lowest BCUT2D eigenvalue weighted by Gasteiger charge is -2.00. The van der Waals surface area contributed by atoms with Gasteiger partial charge < -0.3 is 10.1 Å². The first-order valence-electron chi connectivity index (χ1n) is 5.72. The van der Waals surface area contributed by atoms with E-state index in [4.69, 9.17) is 4.74 Å². The fraction of sp³-hybridized carbons (Fsp3) is 0.333. The second kappa shape index (κ2) is 6.02. The zero-order chi connectivity index (χ0) is 12.8. The van der Waals surface area contributed by atoms with Crippen LogP contribution in [-0.2, 0) is 17.8 Å². The summed E-state index contributed by atoms with van der Waals surface area (Å²) in [5, 5.41) is 11.6. The molecule has 0 aliphatic rings. The highest BCUT2D eigenvalue weighted by Gasteiger charge is 2.00. The molecule has 0 atom stereocenters. The molecule has 2 rings (SSSR count). The summed E-state index contributed by atoms with van der Waals surface area (Å²) in [4.78, 5) is 0. The van der Waals surface area contributed by atoms with Crippen LogP contribution < -0.4 is 5.32 Å². The minimum absolute atomic E-state index is 0.660. The molecule has 18 heavy (non-hydrogen) atoms. The molecule has 0 aliphatic carbocycles. The van der Waals surface area contributed by atoms with Crippen molar-refractivity contribution >= 4 is 11.9 Å². The van der Waals surface area contributed by atoms with Crippen molar-refractivity contribution in [1.82, 2.24) is 19.6 Å². The van der Waals surface area contributed by atoms with Crippen molar-refractivity contribution in [2.45, 2.75) is 13.1 Å². The average Bonchev–Trinajstić information content (AvgIpc) is 3.03. The first-order valence-corrected chi connectivity index (χ1v) is 5.72. The zero-order valence-corrected chi connectivity index (χ0v) is 10.4. The molecular formula is C12H17N5O. The summed E-state index contributed by atoms with van der Waals surface area (Å²) >= 11 is 0. The number of methoxy groups -OCH3 is 1. The van der Waals surface area contributed by atoms with E-state index in [1.54, 1.807) is 24.2 Å². The van der Waals surface area contributed by atoms with Crippen molar-refractivity contribution in [3.8, 4) is 0 Å². The van der Waals surface area contributed by atoms with Crippen LogP contribution in [0.5, 0.6) is 0 Å². The molecule has 2 aromatic heterocycles. The van der Waals surface area contributed by atoms with Gasteiger partial charge in [0, 0.05) is 37.8 Å². The van der Waals surface area contributed by atoms with Gasteiger partial charge in [-0.15, -0.1) is 0 Å². The monoisotopic (exact) mass is 247 g/mol. The molecule has 0 spiro atoms. The molecule has 0 aliphatic heterocycles. The van der Waals surface area contributed by atoms with E-state index in [9.17, 15) is 0 Å². The Morgan fingerprint density at radius 1 is 1.39 bits per heavy atom. The van der Waals surface area contributed by atoms with E-state index in [0.717, 1.165) is 17.8 Å². The van der Waals surface area contributed by atoms with Gasteiger partial charge >= 0.3 is 0 Å². The molecule has 0 saturated heterocycles. The summed E-state index contributed by atoms with van der Waals surface area (Å²) < 4.78 is 8.52. The molecule has 6 heteroatoms. The van der Waals surface area contributed by atoms with E-state index in [2.05, 4.69) is 22.1 Å². The van der Waals surface area contributed by atoms with Crippen molar-refractivity contribution in [3.05, 3.63) is 36.9 Å². The van der Waals surface area contributed by atoms with Crippen LogP contribution in [0.4, 0.5) is 5.69 Å². The Kier molecular flexibility index (Phi) is 4.14. The van der Waals surface area contributed by atoms with Crippen LogP contribution in [0.25, 0.3) is 6.20 Å². The molecule has 0 saturated carbocycles. The molecule has 2 aromatic rings. The standard InChI is InChI=1S/C12H17N5O/c1-3-16-9-11(7-14-16)6-13-12-8-15-17(10-12)4-5-18-2/h3,7-10,13H,1,4-6H2,2H3. The molecule has 0 amide bonds. The second-order valence-corrected chi connectivity index (χ2v) is 3.85. The number of hydrogen-bond acceptors (Lipinski definition) is 4. The van der Waals surface area contributed by atoms with Crippen molar-refractivity contribution in [1.29, 1.82) is 0 Å². The van der Waals surface area contributed by atoms with Gasteiger partial charge in [-0.3, -0.25) is 4.68 Å². The third-order valence-electron chi connectivity index (χ3n) is 2.50. The van der Waals surface area contributed by atoms with E-state index in [1.165, 1.54) is 0 Å². The van der Waals surface area contributed by atoms with Crippen molar-refractivity contribution in [3.63, 3.8) is 0 Å². The largest absolute Gasteiger partial charge is 0.383 e. The van der Waals surface area contributed by atoms with Gasteiger partial charge in [0.1, 0.15) is 0 Å². The number of ether oxygens (including phenoxy) is 1. The molecule has 0 radical (unpaired) electrons. The fourth-order valence-corrected chi connectivity index (χ4v) is 1.53. The molecule has 2 heterocycles. The summed E-state index contributed by atoms with van der Waals surface area (Å²) in [6.07, 6.45) is 9.15. The van der Waals surface area contributed by atoms with Crippen LogP contribution in [0.15, 0.2) is 31.4 Å². The Balaban J connectivity index is 1.85. The van der Waals surface area contributed by atoms with Gasteiger partial charge in [0.15, 0.2) is 0 Å². The Morgan fingerprint density at radius 3 is 3.00 bits per heavy atom. The van der Waals surface area contributed by atoms with E-state index in [1.807, 2.05) is 23.3 Å². The maximum Gasteiger partial charge on any atom is 0.0729 e. The number of nitrogens with zero attached hydrogens (tertiary/aromatic N) is 4. The average molecular weight is 247 g/mol. The smallest absolute Gasteiger partial charge is 0.0729 e. The second-order valence-electron chi connectivity index (χ2n) is 3.85. The van der Waals surface area contributed by atoms with Crippen molar-refractivity contribution in [2.24, 2.45) is 0 Å². The number of hydrogen-bond donors (Lipinski definition) is 1. The summed E-state index contributed by atoms with van der Waals surface area (Å²) in [6.45, 7) is 5.78. The van der Waals surface area contributed by atoms with Gasteiger partial charge in [-0.2, -0.15) is 10.2 Å². The van der Waals surface area contributed by atoms with Gasteiger partial charge in [-0.1, -0.05) is 6.58 Å². The summed E-state index contributed by atoms with van der Waals surface area (Å²) in [7, 11) is 1.68. The summed E-state index contributed by atoms with van der Waals surface area (Å²) in [5.41, 5.74) is 2.08. The van der Waals surface area contributed by atoms with Crippen LogP contribution in [0, 0.1) is 0 Å². The normalized spacial score (nSPS) is 10.5. The molecule has 1 N–H and O–H groups in total. The lowest BCUT2D eigenvalue weighted by atomic mass is 10.3. The first-order chi connectivity index (χ1) is 8.81. The highest BCUT2D eigenvalue weighted by molar-refractivity contribution is 5.38. The van der Waals surface area contributed by atoms with Gasteiger partial charge in [-0.25, -0.2) is 4.68 Å². The molecule has 6 nitrogen and oxygen atoms in total. The molecule has 96 valence electrons. The predicted molar refractivity (Wildman–Crippen MR) is 70.0 cm³/mol. The third kappa shape index (κ3) is 3.21. The Hall–Kier alpha value is -2.08. The van der Waals surface area contributed by atoms with Crippen LogP contribution >= 0.6 is 0 Å². The molecule has 0 fully saturated rings. The minimum atomic E-state index is 0.660. The molecule has 0 bridgehead atoms. The third-order valence-corrected chi connectivity index (χ3v) is 2.50. The molecule has 0 unspecified atom stereocenters. The minimum Gasteiger partial charge on any atom is -0.383 e. The van der Waals surface area contributed by atoms with Gasteiger partial charge in [0.2, 0.25) is 0 Å². The van der Waals surface area contributed by atoms with Crippen molar-refractivity contribution < 1.29 is 4.74 Å². The van der Waals surface area contributed by atoms with Gasteiger partial charge in [-0.05, 0) is 0 Å². The number of anilines is 1. The van der Waals surface area contributed by atoms with E-state index >= 15 is 0 Å². The lowest BCUT2D eigenvalue weighted by molar-refractivity contribution is 0.183. The number of nitrogens with one attached hydrogen (secondary N) is 1. The van der Waals surface area contributed by atoms with Crippen molar-refractivity contribution in [2.75, 3.05) is 19.0 Å². The summed E-state index contributed by atoms with van der Waals surface area (Å²) in [6, 6.07) is 0. The van der Waals surface area contributed by atoms with E-state index in [0.29, 0.717) is 13.2 Å². The number of rotatable bonds is 7. The van der Waals surface area contributed by atoms with Crippen LogP contribution in [0.1, 0.15) is 5.56 Å². The SMILES string of the molecule is C=Cn1cc(CNc2cnn(CCOC)c2)cn1. The van der Waals surface area contributed by atoms with Gasteiger partial charge in [0.25, 0.3) is 0 Å². The highest BCUT2D eigenvalue weighted by atomic mass is 16.5. The Bertz CT molecular complexity index is 502. The van der Waals surface area contributed by atoms with Gasteiger partial charge in [0.05, 0.1) is 31.2 Å². The fourth-order valence-electron chi connectivity index (χ4n) is 1.53. The quantitative estimate of drug-likeness (QED) is 0.804. The van der Waals surface area contributed by atoms with E-state index in [-0.39, 0.29) is 0 Å². The van der Waals surface area contributed by atoms with Crippen LogP contribution in [0.2, 0.25) is 0 Å².